The van der Waals surface area contributed by atoms with E-state index in [-0.39, 0.29) is 0 Å². The van der Waals surface area contributed by atoms with Crippen molar-refractivity contribution in [3.05, 3.63) is 67.1 Å². The van der Waals surface area contributed by atoms with Crippen molar-refractivity contribution in [3.8, 4) is 5.75 Å². The molecule has 0 saturated carbocycles. The molecule has 0 aliphatic carbocycles. The Kier molecular flexibility index (Phi) is 3.40. The van der Waals surface area contributed by atoms with Crippen LogP contribution in [0.3, 0.4) is 0 Å². The van der Waals surface area contributed by atoms with E-state index in [1.165, 1.54) is 0 Å². The van der Waals surface area contributed by atoms with E-state index in [1.807, 2.05) is 18.2 Å². The molecular formula is C14H12NO2. The highest BCUT2D eigenvalue weighted by molar-refractivity contribution is 5.86. The van der Waals surface area contributed by atoms with E-state index in [4.69, 9.17) is 4.74 Å². The van der Waals surface area contributed by atoms with Gasteiger partial charge in [0.15, 0.2) is 0 Å². The second-order valence-corrected chi connectivity index (χ2v) is 3.52. The van der Waals surface area contributed by atoms with Crippen molar-refractivity contribution >= 4 is 11.8 Å². The first-order valence-electron chi connectivity index (χ1n) is 5.20. The Balaban J connectivity index is 1.96. The molecule has 17 heavy (non-hydrogen) atoms. The fourth-order valence-electron chi connectivity index (χ4n) is 1.33. The van der Waals surface area contributed by atoms with Crippen LogP contribution in [0.1, 0.15) is 5.56 Å². The lowest BCUT2D eigenvalue weighted by molar-refractivity contribution is 0.215. The molecule has 0 atom stereocenters. The van der Waals surface area contributed by atoms with Crippen LogP contribution in [0.4, 0.5) is 10.5 Å². The second-order valence-electron chi connectivity index (χ2n) is 3.52. The third-order valence-electron chi connectivity index (χ3n) is 2.15. The highest BCUT2D eigenvalue weighted by Crippen LogP contribution is 2.13. The summed E-state index contributed by atoms with van der Waals surface area (Å²) in [4.78, 5) is 11.5. The Bertz CT molecular complexity index is 491. The molecule has 0 spiro atoms. The third-order valence-corrected chi connectivity index (χ3v) is 2.15. The lowest BCUT2D eigenvalue weighted by Gasteiger charge is -2.06. The molecule has 2 rings (SSSR count). The van der Waals surface area contributed by atoms with Crippen LogP contribution >= 0.6 is 0 Å². The highest BCUT2D eigenvalue weighted by Gasteiger charge is 2.03. The minimum atomic E-state index is -0.506. The summed E-state index contributed by atoms with van der Waals surface area (Å²) in [6.45, 7) is 3.75. The number of amides is 1. The van der Waals surface area contributed by atoms with E-state index >= 15 is 0 Å². The van der Waals surface area contributed by atoms with Crippen molar-refractivity contribution in [2.24, 2.45) is 0 Å². The summed E-state index contributed by atoms with van der Waals surface area (Å²) in [7, 11) is 0. The quantitative estimate of drug-likeness (QED) is 0.851. The molecule has 0 aromatic heterocycles. The molecule has 0 aliphatic heterocycles. The van der Waals surface area contributed by atoms with E-state index < -0.39 is 6.09 Å². The summed E-state index contributed by atoms with van der Waals surface area (Å²) in [5, 5.41) is 2.63. The summed E-state index contributed by atoms with van der Waals surface area (Å²) in [5.41, 5.74) is 1.58. The summed E-state index contributed by atoms with van der Waals surface area (Å²) in [6.07, 6.45) is -0.506. The first kappa shape index (κ1) is 11.2. The average Bonchev–Trinajstić information content (AvgIpc) is 2.33. The number of anilines is 1. The van der Waals surface area contributed by atoms with Gasteiger partial charge in [0.05, 0.1) is 0 Å². The largest absolute Gasteiger partial charge is 0.417 e. The fourth-order valence-corrected chi connectivity index (χ4v) is 1.33. The molecule has 0 saturated heterocycles. The van der Waals surface area contributed by atoms with Gasteiger partial charge in [0.2, 0.25) is 0 Å². The maximum atomic E-state index is 11.5. The number of ether oxygens (including phenoxy) is 1. The molecule has 0 fully saturated rings. The Hall–Kier alpha value is -2.29. The first-order valence-corrected chi connectivity index (χ1v) is 5.20. The number of benzene rings is 2. The van der Waals surface area contributed by atoms with Crippen LogP contribution in [0.5, 0.6) is 5.75 Å². The van der Waals surface area contributed by atoms with Gasteiger partial charge in [-0.3, -0.25) is 5.32 Å². The van der Waals surface area contributed by atoms with Crippen LogP contribution in [-0.2, 0) is 0 Å². The van der Waals surface area contributed by atoms with E-state index in [0.29, 0.717) is 11.4 Å². The van der Waals surface area contributed by atoms with Crippen LogP contribution in [-0.4, -0.2) is 6.09 Å². The van der Waals surface area contributed by atoms with Gasteiger partial charge in [-0.05, 0) is 36.8 Å². The molecule has 0 bridgehead atoms. The molecule has 85 valence electrons. The summed E-state index contributed by atoms with van der Waals surface area (Å²) < 4.78 is 5.10. The maximum absolute atomic E-state index is 11.5. The number of para-hydroxylation sites is 1. The minimum absolute atomic E-state index is 0.492. The average molecular weight is 226 g/mol. The predicted molar refractivity (Wildman–Crippen MR) is 67.0 cm³/mol. The number of hydrogen-bond donors (Lipinski definition) is 1. The zero-order valence-electron chi connectivity index (χ0n) is 9.22. The maximum Gasteiger partial charge on any atom is 0.417 e. The molecule has 1 amide bonds. The van der Waals surface area contributed by atoms with Crippen LogP contribution < -0.4 is 10.1 Å². The van der Waals surface area contributed by atoms with Gasteiger partial charge in [-0.15, -0.1) is 0 Å². The molecular weight excluding hydrogens is 214 g/mol. The Labute approximate surface area is 100 Å². The number of carbonyl (C=O) groups excluding carboxylic acids is 1. The van der Waals surface area contributed by atoms with E-state index in [9.17, 15) is 4.79 Å². The van der Waals surface area contributed by atoms with Gasteiger partial charge in [-0.25, -0.2) is 4.79 Å². The number of carbonyl (C=O) groups is 1. The van der Waals surface area contributed by atoms with Gasteiger partial charge in [0.25, 0.3) is 0 Å². The topological polar surface area (TPSA) is 38.3 Å². The summed E-state index contributed by atoms with van der Waals surface area (Å²) >= 11 is 0. The normalized spacial score (nSPS) is 9.71. The van der Waals surface area contributed by atoms with Crippen LogP contribution in [0, 0.1) is 6.92 Å². The van der Waals surface area contributed by atoms with Gasteiger partial charge < -0.3 is 4.74 Å². The molecule has 0 unspecified atom stereocenters. The van der Waals surface area contributed by atoms with Crippen LogP contribution in [0.25, 0.3) is 0 Å². The Morgan fingerprint density at radius 3 is 2.29 bits per heavy atom. The first-order chi connectivity index (χ1) is 8.24. The van der Waals surface area contributed by atoms with Crippen molar-refractivity contribution in [3.63, 3.8) is 0 Å². The smallest absolute Gasteiger partial charge is 0.410 e. The van der Waals surface area contributed by atoms with E-state index in [2.05, 4.69) is 12.2 Å². The van der Waals surface area contributed by atoms with Crippen molar-refractivity contribution in [2.45, 2.75) is 0 Å². The number of nitrogens with one attached hydrogen (secondary N) is 1. The number of rotatable bonds is 2. The molecule has 2 aromatic rings. The Morgan fingerprint density at radius 2 is 1.65 bits per heavy atom. The van der Waals surface area contributed by atoms with Gasteiger partial charge in [0, 0.05) is 5.69 Å². The lowest BCUT2D eigenvalue weighted by Crippen LogP contribution is -2.16. The van der Waals surface area contributed by atoms with Crippen LogP contribution in [0.15, 0.2) is 54.6 Å². The number of hydrogen-bond acceptors (Lipinski definition) is 2. The fraction of sp³-hybridized carbons (Fsp3) is 0. The monoisotopic (exact) mass is 226 g/mol. The summed E-state index contributed by atoms with van der Waals surface area (Å²) in [5.74, 6) is 0.492. The van der Waals surface area contributed by atoms with Crippen LogP contribution in [0.2, 0.25) is 0 Å². The Morgan fingerprint density at radius 1 is 1.00 bits per heavy atom. The van der Waals surface area contributed by atoms with Gasteiger partial charge in [-0.2, -0.15) is 0 Å². The highest BCUT2D eigenvalue weighted by atomic mass is 16.6. The minimum Gasteiger partial charge on any atom is -0.410 e. The zero-order valence-corrected chi connectivity index (χ0v) is 9.22. The lowest BCUT2D eigenvalue weighted by atomic mass is 10.2. The summed E-state index contributed by atoms with van der Waals surface area (Å²) in [6, 6.07) is 16.1. The van der Waals surface area contributed by atoms with E-state index in [0.717, 1.165) is 5.56 Å². The van der Waals surface area contributed by atoms with Crippen molar-refractivity contribution in [1.29, 1.82) is 0 Å². The predicted octanol–water partition coefficient (Wildman–Crippen LogP) is 3.48. The van der Waals surface area contributed by atoms with E-state index in [1.54, 1.807) is 36.4 Å². The third kappa shape index (κ3) is 3.34. The molecule has 1 N–H and O–H groups in total. The zero-order chi connectivity index (χ0) is 12.1. The molecule has 3 heteroatoms. The van der Waals surface area contributed by atoms with Crippen molar-refractivity contribution < 1.29 is 9.53 Å². The van der Waals surface area contributed by atoms with Crippen molar-refractivity contribution in [2.75, 3.05) is 5.32 Å². The molecule has 0 heterocycles. The molecule has 3 nitrogen and oxygen atoms in total. The standard InChI is InChI=1S/C14H12NO2/c1-11-7-9-13(10-8-11)17-14(16)15-12-5-3-2-4-6-12/h2-10H,1H2,(H,15,16). The van der Waals surface area contributed by atoms with Gasteiger partial charge in [0.1, 0.15) is 5.75 Å². The van der Waals surface area contributed by atoms with Gasteiger partial charge >= 0.3 is 6.09 Å². The SMILES string of the molecule is [CH2]c1ccc(OC(=O)Nc2ccccc2)cc1. The van der Waals surface area contributed by atoms with Gasteiger partial charge in [-0.1, -0.05) is 30.3 Å². The second kappa shape index (κ2) is 5.16. The van der Waals surface area contributed by atoms with Crippen molar-refractivity contribution in [1.82, 2.24) is 0 Å². The molecule has 0 aliphatic rings. The molecule has 2 aromatic carbocycles. The molecule has 1 radical (unpaired) electrons.